The van der Waals surface area contributed by atoms with Gasteiger partial charge in [-0.1, -0.05) is 48.6 Å². The molecule has 0 bridgehead atoms. The summed E-state index contributed by atoms with van der Waals surface area (Å²) in [6.07, 6.45) is 9.86. The number of likely N-dealkylation sites (tertiary alicyclic amines) is 2. The van der Waals surface area contributed by atoms with Crippen LogP contribution >= 0.6 is 0 Å². The predicted octanol–water partition coefficient (Wildman–Crippen LogP) is 5.75. The van der Waals surface area contributed by atoms with Gasteiger partial charge in [0.05, 0.1) is 0 Å². The summed E-state index contributed by atoms with van der Waals surface area (Å²) >= 11 is 0. The number of pyridine rings is 2. The lowest BCUT2D eigenvalue weighted by atomic mass is 10.1. The van der Waals surface area contributed by atoms with E-state index in [2.05, 4.69) is 20.6 Å². The van der Waals surface area contributed by atoms with Crippen LogP contribution in [0.4, 0.5) is 11.4 Å². The predicted molar refractivity (Wildman–Crippen MR) is 185 cm³/mol. The van der Waals surface area contributed by atoms with E-state index in [-0.39, 0.29) is 23.6 Å². The van der Waals surface area contributed by atoms with Gasteiger partial charge in [0.25, 0.3) is 11.8 Å². The third kappa shape index (κ3) is 7.17. The molecular weight excluding hydrogens is 604 g/mol. The Hall–Kier alpha value is -5.64. The quantitative estimate of drug-likeness (QED) is 0.236. The van der Waals surface area contributed by atoms with Crippen molar-refractivity contribution in [3.63, 3.8) is 0 Å². The summed E-state index contributed by atoms with van der Waals surface area (Å²) < 4.78 is 0. The number of anilines is 2. The molecule has 2 saturated heterocycles. The minimum absolute atomic E-state index is 0.208. The lowest BCUT2D eigenvalue weighted by Crippen LogP contribution is -2.43. The van der Waals surface area contributed by atoms with Crippen LogP contribution < -0.4 is 10.6 Å². The number of aryl methyl sites for hydroxylation is 2. The van der Waals surface area contributed by atoms with E-state index in [4.69, 9.17) is 0 Å². The van der Waals surface area contributed by atoms with Crippen LogP contribution in [0, 0.1) is 13.8 Å². The van der Waals surface area contributed by atoms with Crippen molar-refractivity contribution < 1.29 is 19.2 Å². The Bertz CT molecular complexity index is 1720. The van der Waals surface area contributed by atoms with E-state index in [1.54, 1.807) is 34.3 Å². The molecule has 4 heterocycles. The van der Waals surface area contributed by atoms with Gasteiger partial charge in [0.2, 0.25) is 11.8 Å². The highest BCUT2D eigenvalue weighted by Gasteiger charge is 2.36. The van der Waals surface area contributed by atoms with Crippen molar-refractivity contribution in [2.75, 3.05) is 23.7 Å². The molecule has 2 aromatic carbocycles. The topological polar surface area (TPSA) is 125 Å². The van der Waals surface area contributed by atoms with E-state index >= 15 is 0 Å². The van der Waals surface area contributed by atoms with Crippen LogP contribution in [0.5, 0.6) is 0 Å². The number of amides is 4. The van der Waals surface area contributed by atoms with Crippen molar-refractivity contribution >= 4 is 47.2 Å². The summed E-state index contributed by atoms with van der Waals surface area (Å²) in [5, 5.41) is 5.92. The Kier molecular flexibility index (Phi) is 9.70. The molecule has 48 heavy (non-hydrogen) atoms. The fourth-order valence-electron chi connectivity index (χ4n) is 6.25. The van der Waals surface area contributed by atoms with E-state index in [0.29, 0.717) is 48.7 Å². The standard InChI is InChI=1S/C38H38N6O4/c1-25-7-3-21-39-33(25)37(47)43-23-5-9-31(43)35(45)41-29-17-13-27(14-18-29)11-12-28-15-19-30(20-16-28)42-36(46)32-10-6-24-44(32)38(48)34-26(2)8-4-22-40-34/h3-4,7-8,11-22,31-32H,5-6,9-10,23-24H2,1-2H3,(H,41,45)(H,42,46)/t31-,32-/m0/s1. The van der Waals surface area contributed by atoms with Gasteiger partial charge in [0, 0.05) is 36.9 Å². The number of hydrogen-bond acceptors (Lipinski definition) is 6. The first-order chi connectivity index (χ1) is 23.3. The highest BCUT2D eigenvalue weighted by atomic mass is 16.2. The maximum Gasteiger partial charge on any atom is 0.273 e. The van der Waals surface area contributed by atoms with Gasteiger partial charge in [0.15, 0.2) is 0 Å². The molecule has 2 aromatic heterocycles. The second-order valence-corrected chi connectivity index (χ2v) is 12.2. The van der Waals surface area contributed by atoms with E-state index in [0.717, 1.165) is 35.1 Å². The zero-order chi connectivity index (χ0) is 33.6. The van der Waals surface area contributed by atoms with Gasteiger partial charge in [-0.3, -0.25) is 29.1 Å². The first-order valence-electron chi connectivity index (χ1n) is 16.2. The number of nitrogens with one attached hydrogen (secondary N) is 2. The lowest BCUT2D eigenvalue weighted by Gasteiger charge is -2.24. The summed E-state index contributed by atoms with van der Waals surface area (Å²) in [5.41, 5.74) is 5.55. The van der Waals surface area contributed by atoms with E-state index in [9.17, 15) is 19.2 Å². The molecule has 2 aliphatic rings. The van der Waals surface area contributed by atoms with Crippen molar-refractivity contribution in [1.29, 1.82) is 0 Å². The van der Waals surface area contributed by atoms with E-state index in [1.807, 2.05) is 86.7 Å². The molecule has 6 rings (SSSR count). The first kappa shape index (κ1) is 32.3. The van der Waals surface area contributed by atoms with Crippen molar-refractivity contribution in [1.82, 2.24) is 19.8 Å². The van der Waals surface area contributed by atoms with Crippen LogP contribution in [0.2, 0.25) is 0 Å². The smallest absolute Gasteiger partial charge is 0.273 e. The summed E-state index contributed by atoms with van der Waals surface area (Å²) in [4.78, 5) is 64.2. The Morgan fingerprint density at radius 2 is 1.02 bits per heavy atom. The van der Waals surface area contributed by atoms with Crippen LogP contribution in [-0.4, -0.2) is 68.6 Å². The fraction of sp³-hybridized carbons (Fsp3) is 0.263. The van der Waals surface area contributed by atoms with Crippen LogP contribution in [0.3, 0.4) is 0 Å². The summed E-state index contributed by atoms with van der Waals surface area (Å²) in [6.45, 7) is 4.74. The van der Waals surface area contributed by atoms with Gasteiger partial charge >= 0.3 is 0 Å². The third-order valence-electron chi connectivity index (χ3n) is 8.88. The highest BCUT2D eigenvalue weighted by Crippen LogP contribution is 2.24. The van der Waals surface area contributed by atoms with Gasteiger partial charge in [-0.2, -0.15) is 0 Å². The molecule has 4 aromatic rings. The van der Waals surface area contributed by atoms with Gasteiger partial charge in [0.1, 0.15) is 23.5 Å². The van der Waals surface area contributed by atoms with Crippen molar-refractivity contribution in [2.45, 2.75) is 51.6 Å². The average Bonchev–Trinajstić information content (AvgIpc) is 3.80. The number of rotatable bonds is 8. The highest BCUT2D eigenvalue weighted by molar-refractivity contribution is 6.02. The minimum atomic E-state index is -0.540. The maximum absolute atomic E-state index is 13.1. The van der Waals surface area contributed by atoms with Crippen LogP contribution in [0.1, 0.15) is 68.9 Å². The van der Waals surface area contributed by atoms with Crippen molar-refractivity contribution in [3.8, 4) is 0 Å². The van der Waals surface area contributed by atoms with Crippen LogP contribution in [0.15, 0.2) is 85.2 Å². The zero-order valence-electron chi connectivity index (χ0n) is 27.1. The normalized spacial score (nSPS) is 17.5. The Labute approximate surface area is 279 Å². The lowest BCUT2D eigenvalue weighted by molar-refractivity contribution is -0.120. The number of carbonyl (C=O) groups excluding carboxylic acids is 4. The maximum atomic E-state index is 13.1. The number of aromatic nitrogens is 2. The molecule has 0 aliphatic carbocycles. The molecule has 244 valence electrons. The van der Waals surface area contributed by atoms with Crippen molar-refractivity contribution in [3.05, 3.63) is 119 Å². The van der Waals surface area contributed by atoms with Crippen LogP contribution in [0.25, 0.3) is 12.2 Å². The monoisotopic (exact) mass is 642 g/mol. The molecule has 4 amide bonds. The second kappa shape index (κ2) is 14.4. The Balaban J connectivity index is 1.02. The molecule has 0 spiro atoms. The van der Waals surface area contributed by atoms with Gasteiger partial charge in [-0.25, -0.2) is 0 Å². The molecule has 2 N–H and O–H groups in total. The van der Waals surface area contributed by atoms with Gasteiger partial charge < -0.3 is 20.4 Å². The number of carbonyl (C=O) groups is 4. The Morgan fingerprint density at radius 3 is 1.40 bits per heavy atom. The van der Waals surface area contributed by atoms with Gasteiger partial charge in [-0.05, 0) is 98.2 Å². The first-order valence-corrected chi connectivity index (χ1v) is 16.2. The molecule has 2 fully saturated rings. The van der Waals surface area contributed by atoms with Crippen LogP contribution in [-0.2, 0) is 9.59 Å². The van der Waals surface area contributed by atoms with Gasteiger partial charge in [-0.15, -0.1) is 0 Å². The summed E-state index contributed by atoms with van der Waals surface area (Å²) in [5.74, 6) is -0.851. The largest absolute Gasteiger partial charge is 0.325 e. The third-order valence-corrected chi connectivity index (χ3v) is 8.88. The minimum Gasteiger partial charge on any atom is -0.325 e. The zero-order valence-corrected chi connectivity index (χ0v) is 27.1. The molecule has 10 heteroatoms. The second-order valence-electron chi connectivity index (χ2n) is 12.2. The van der Waals surface area contributed by atoms with E-state index in [1.165, 1.54) is 0 Å². The molecule has 0 unspecified atom stereocenters. The summed E-state index contributed by atoms with van der Waals surface area (Å²) in [7, 11) is 0. The molecule has 2 aliphatic heterocycles. The van der Waals surface area contributed by atoms with E-state index < -0.39 is 12.1 Å². The SMILES string of the molecule is Cc1cccnc1C(=O)N1CCC[C@H]1C(=O)Nc1ccc(C=Cc2ccc(NC(=O)[C@@H]3CCCN3C(=O)c3ncccc3C)cc2)cc1. The molecule has 10 nitrogen and oxygen atoms in total. The number of nitrogens with zero attached hydrogens (tertiary/aromatic N) is 4. The molecule has 0 saturated carbocycles. The fourth-order valence-corrected chi connectivity index (χ4v) is 6.25. The number of hydrogen-bond donors (Lipinski definition) is 2. The molecule has 2 atom stereocenters. The van der Waals surface area contributed by atoms with Crippen molar-refractivity contribution in [2.24, 2.45) is 0 Å². The Morgan fingerprint density at radius 1 is 0.625 bits per heavy atom. The molecule has 0 radical (unpaired) electrons. The summed E-state index contributed by atoms with van der Waals surface area (Å²) in [6, 6.07) is 21.2. The molecular formula is C38H38N6O4. The average molecular weight is 643 g/mol. The number of benzene rings is 2.